The zero-order chi connectivity index (χ0) is 26.8. The molecular weight excluding hydrogens is 500 g/mol. The molecule has 0 aromatic heterocycles. The van der Waals surface area contributed by atoms with Crippen LogP contribution in [0.1, 0.15) is 72.6 Å². The summed E-state index contributed by atoms with van der Waals surface area (Å²) in [6, 6.07) is 10.2. The molecule has 0 aliphatic heterocycles. The van der Waals surface area contributed by atoms with Crippen molar-refractivity contribution in [1.29, 1.82) is 0 Å². The fourth-order valence-electron chi connectivity index (χ4n) is 7.37. The van der Waals surface area contributed by atoms with Gasteiger partial charge in [0.25, 0.3) is 0 Å². The summed E-state index contributed by atoms with van der Waals surface area (Å²) in [5, 5.41) is 15.3. The number of hydrogen-bond donors (Lipinski definition) is 1. The van der Waals surface area contributed by atoms with Crippen LogP contribution in [0.25, 0.3) is 0 Å². The van der Waals surface area contributed by atoms with Crippen molar-refractivity contribution < 1.29 is 19.4 Å². The number of ether oxygens (including phenoxy) is 2. The molecule has 37 heavy (non-hydrogen) atoms. The monoisotopic (exact) mass is 544 g/mol. The van der Waals surface area contributed by atoms with Crippen LogP contribution in [-0.2, 0) is 14.3 Å². The van der Waals surface area contributed by atoms with Crippen molar-refractivity contribution in [2.45, 2.75) is 88.6 Å². The van der Waals surface area contributed by atoms with Crippen molar-refractivity contribution in [3.8, 4) is 0 Å². The molecule has 0 saturated heterocycles. The first-order chi connectivity index (χ1) is 17.7. The van der Waals surface area contributed by atoms with Crippen molar-refractivity contribution in [2.75, 3.05) is 20.0 Å². The van der Waals surface area contributed by atoms with Crippen molar-refractivity contribution in [1.82, 2.24) is 0 Å². The van der Waals surface area contributed by atoms with Crippen LogP contribution in [0.15, 0.2) is 57.4 Å². The molecule has 0 spiro atoms. The Morgan fingerprint density at radius 1 is 1.16 bits per heavy atom. The van der Waals surface area contributed by atoms with E-state index in [1.807, 2.05) is 18.2 Å². The second kappa shape index (κ2) is 11.5. The summed E-state index contributed by atoms with van der Waals surface area (Å²) in [5.41, 5.74) is 1.10. The Morgan fingerprint density at radius 2 is 1.89 bits per heavy atom. The second-order valence-electron chi connectivity index (χ2n) is 11.5. The van der Waals surface area contributed by atoms with Crippen LogP contribution < -0.4 is 0 Å². The van der Waals surface area contributed by atoms with Gasteiger partial charge in [-0.1, -0.05) is 63.2 Å². The van der Waals surface area contributed by atoms with Crippen molar-refractivity contribution >= 4 is 29.5 Å². The first-order valence-electron chi connectivity index (χ1n) is 13.8. The molecule has 5 atom stereocenters. The molecule has 2 fully saturated rings. The van der Waals surface area contributed by atoms with E-state index in [2.05, 4.69) is 45.2 Å². The van der Waals surface area contributed by atoms with Gasteiger partial charge in [0.2, 0.25) is 0 Å². The van der Waals surface area contributed by atoms with Gasteiger partial charge in [0.1, 0.15) is 11.0 Å². The maximum Gasteiger partial charge on any atom is 0.315 e. The normalized spacial score (nSPS) is 33.4. The number of hydrogen-bond acceptors (Lipinski definition) is 6. The Bertz CT molecular complexity index is 1030. The van der Waals surface area contributed by atoms with Crippen LogP contribution in [0.2, 0.25) is 0 Å². The molecule has 3 aliphatic rings. The second-order valence-corrected chi connectivity index (χ2v) is 13.6. The van der Waals surface area contributed by atoms with Crippen molar-refractivity contribution in [3.05, 3.63) is 52.5 Å². The number of carbonyl (C=O) groups excluding carboxylic acids is 1. The highest BCUT2D eigenvalue weighted by molar-refractivity contribution is 8.02. The maximum atomic E-state index is 13.4. The molecule has 4 nitrogen and oxygen atoms in total. The van der Waals surface area contributed by atoms with Gasteiger partial charge in [0, 0.05) is 17.4 Å². The number of thioether (sulfide) groups is 2. The third kappa shape index (κ3) is 4.74. The van der Waals surface area contributed by atoms with E-state index in [0.717, 1.165) is 54.7 Å². The quantitative estimate of drug-likeness (QED) is 0.113. The lowest BCUT2D eigenvalue weighted by Gasteiger charge is -2.61. The number of aliphatic hydroxyl groups is 1. The molecule has 2 saturated carbocycles. The fourth-order valence-corrected chi connectivity index (χ4v) is 9.47. The highest BCUT2D eigenvalue weighted by Gasteiger charge is 2.67. The number of allylic oxidation sites excluding steroid dienone is 1. The first-order valence-corrected chi connectivity index (χ1v) is 15.7. The lowest BCUT2D eigenvalue weighted by Crippen LogP contribution is -2.64. The highest BCUT2D eigenvalue weighted by Crippen LogP contribution is 2.69. The van der Waals surface area contributed by atoms with Crippen LogP contribution in [-0.4, -0.2) is 42.1 Å². The Kier molecular flexibility index (Phi) is 8.94. The Morgan fingerprint density at radius 3 is 2.51 bits per heavy atom. The molecule has 0 amide bonds. The predicted molar refractivity (Wildman–Crippen MR) is 154 cm³/mol. The van der Waals surface area contributed by atoms with Gasteiger partial charge in [-0.3, -0.25) is 4.79 Å². The maximum absolute atomic E-state index is 13.4. The third-order valence-corrected chi connectivity index (χ3v) is 11.7. The van der Waals surface area contributed by atoms with Crippen molar-refractivity contribution in [2.24, 2.45) is 22.7 Å². The summed E-state index contributed by atoms with van der Waals surface area (Å²) in [7, 11) is 3.24. The number of carbonyl (C=O) groups is 1. The molecular formula is C31H44O4S2. The van der Waals surface area contributed by atoms with E-state index in [9.17, 15) is 9.90 Å². The molecule has 6 heteroatoms. The number of methoxy groups -OCH3 is 2. The molecule has 2 unspecified atom stereocenters. The lowest BCUT2D eigenvalue weighted by molar-refractivity contribution is -0.170. The van der Waals surface area contributed by atoms with Gasteiger partial charge in [-0.15, -0.1) is 11.8 Å². The zero-order valence-corrected chi connectivity index (χ0v) is 25.0. The summed E-state index contributed by atoms with van der Waals surface area (Å²) in [5.74, 6) is 1.40. The molecule has 0 bridgehead atoms. The van der Waals surface area contributed by atoms with Gasteiger partial charge in [0.15, 0.2) is 0 Å². The van der Waals surface area contributed by atoms with Gasteiger partial charge in [-0.2, -0.15) is 0 Å². The van der Waals surface area contributed by atoms with Crippen LogP contribution in [0.4, 0.5) is 0 Å². The molecule has 204 valence electrons. The largest absolute Gasteiger partial charge is 0.468 e. The molecule has 0 heterocycles. The molecule has 3 aliphatic carbocycles. The SMILES string of the molecule is CCCSC=C1CC[C@@H]2C3=C(C(C)C)CC[C@]3(C(=O)OC)CC[C@@]2(C)C1(O)C(OC)Sc1ccccc1. The third-order valence-electron chi connectivity index (χ3n) is 9.30. The summed E-state index contributed by atoms with van der Waals surface area (Å²) in [4.78, 5) is 14.5. The average Bonchev–Trinajstić information content (AvgIpc) is 3.30. The van der Waals surface area contributed by atoms with E-state index in [1.165, 1.54) is 18.3 Å². The summed E-state index contributed by atoms with van der Waals surface area (Å²) < 4.78 is 11.6. The van der Waals surface area contributed by atoms with Gasteiger partial charge in [-0.05, 0) is 91.2 Å². The van der Waals surface area contributed by atoms with E-state index in [0.29, 0.717) is 12.3 Å². The molecule has 4 rings (SSSR count). The van der Waals surface area contributed by atoms with E-state index >= 15 is 0 Å². The minimum Gasteiger partial charge on any atom is -0.468 e. The van der Waals surface area contributed by atoms with Crippen LogP contribution >= 0.6 is 23.5 Å². The fraction of sp³-hybridized carbons (Fsp3) is 0.645. The van der Waals surface area contributed by atoms with Crippen molar-refractivity contribution in [3.63, 3.8) is 0 Å². The van der Waals surface area contributed by atoms with Crippen LogP contribution in [0.5, 0.6) is 0 Å². The summed E-state index contributed by atoms with van der Waals surface area (Å²) in [6.45, 7) is 8.93. The lowest BCUT2D eigenvalue weighted by atomic mass is 9.46. The Hall–Kier alpha value is -1.21. The van der Waals surface area contributed by atoms with E-state index in [4.69, 9.17) is 9.47 Å². The number of benzene rings is 1. The standard InChI is InChI=1S/C31H44O4S2/c1-7-19-36-20-22-13-14-25-26-24(21(2)3)15-16-30(26,27(32)34-5)18-17-29(25,4)31(22,33)28(35-6)37-23-11-9-8-10-12-23/h8-12,20-21,25,28,33H,7,13-19H2,1-6H3/t25-,28?,29-,30+,31?/m1/s1. The summed E-state index contributed by atoms with van der Waals surface area (Å²) in [6.07, 6.45) is 6.06. The Labute approximate surface area is 232 Å². The predicted octanol–water partition coefficient (Wildman–Crippen LogP) is 7.63. The Balaban J connectivity index is 1.86. The average molecular weight is 545 g/mol. The molecule has 1 N–H and O–H groups in total. The molecule has 0 radical (unpaired) electrons. The number of esters is 1. The first kappa shape index (κ1) is 28.8. The van der Waals surface area contributed by atoms with E-state index in [1.54, 1.807) is 30.6 Å². The van der Waals surface area contributed by atoms with Gasteiger partial charge < -0.3 is 14.6 Å². The van der Waals surface area contributed by atoms with Crippen LogP contribution in [0, 0.1) is 22.7 Å². The smallest absolute Gasteiger partial charge is 0.315 e. The molecule has 1 aromatic rings. The van der Waals surface area contributed by atoms with Crippen LogP contribution in [0.3, 0.4) is 0 Å². The number of rotatable bonds is 9. The molecule has 1 aromatic carbocycles. The van der Waals surface area contributed by atoms with Gasteiger partial charge in [-0.25, -0.2) is 0 Å². The highest BCUT2D eigenvalue weighted by atomic mass is 32.2. The zero-order valence-electron chi connectivity index (χ0n) is 23.3. The number of fused-ring (bicyclic) bond motifs is 3. The van der Waals surface area contributed by atoms with Gasteiger partial charge >= 0.3 is 5.97 Å². The van der Waals surface area contributed by atoms with Gasteiger partial charge in [0.05, 0.1) is 12.5 Å². The minimum atomic E-state index is -1.17. The topological polar surface area (TPSA) is 55.8 Å². The summed E-state index contributed by atoms with van der Waals surface area (Å²) >= 11 is 3.40. The van der Waals surface area contributed by atoms with E-state index in [-0.39, 0.29) is 11.9 Å². The minimum absolute atomic E-state index is 0.0921. The van der Waals surface area contributed by atoms with E-state index < -0.39 is 21.9 Å².